The van der Waals surface area contributed by atoms with Crippen molar-refractivity contribution in [2.24, 2.45) is 0 Å². The van der Waals surface area contributed by atoms with E-state index in [2.05, 4.69) is 29.3 Å². The Balaban J connectivity index is 2.51. The van der Waals surface area contributed by atoms with Crippen LogP contribution in [0.4, 0.5) is 0 Å². The van der Waals surface area contributed by atoms with Crippen LogP contribution in [0.15, 0.2) is 4.52 Å². The molecule has 17 heavy (non-hydrogen) atoms. The van der Waals surface area contributed by atoms with Gasteiger partial charge in [0.2, 0.25) is 11.7 Å². The van der Waals surface area contributed by atoms with E-state index >= 15 is 0 Å². The third-order valence-electron chi connectivity index (χ3n) is 2.72. The Morgan fingerprint density at radius 1 is 1.29 bits per heavy atom. The zero-order chi connectivity index (χ0) is 12.7. The van der Waals surface area contributed by atoms with Gasteiger partial charge in [0.05, 0.1) is 6.54 Å². The van der Waals surface area contributed by atoms with Crippen LogP contribution in [0.3, 0.4) is 0 Å². The first-order valence-electron chi connectivity index (χ1n) is 6.38. The molecule has 0 bridgehead atoms. The lowest BCUT2D eigenvalue weighted by atomic mass is 10.2. The molecule has 1 N–H and O–H groups in total. The van der Waals surface area contributed by atoms with Crippen LogP contribution < -0.4 is 5.32 Å². The van der Waals surface area contributed by atoms with Gasteiger partial charge in [-0.1, -0.05) is 19.0 Å². The molecule has 1 aromatic heterocycles. The Hall–Kier alpha value is -0.940. The normalized spacial score (nSPS) is 14.8. The van der Waals surface area contributed by atoms with Crippen molar-refractivity contribution in [2.45, 2.75) is 59.2 Å². The van der Waals surface area contributed by atoms with Crippen LogP contribution in [0.5, 0.6) is 0 Å². The largest absolute Gasteiger partial charge is 0.370 e. The summed E-state index contributed by atoms with van der Waals surface area (Å²) in [5.41, 5.74) is 0. The summed E-state index contributed by atoms with van der Waals surface area (Å²) in [4.78, 5) is 4.34. The molecular weight excluding hydrogens is 218 g/mol. The van der Waals surface area contributed by atoms with E-state index in [1.165, 1.54) is 0 Å². The summed E-state index contributed by atoms with van der Waals surface area (Å²) < 4.78 is 10.7. The van der Waals surface area contributed by atoms with Gasteiger partial charge >= 0.3 is 0 Å². The molecule has 0 radical (unpaired) electrons. The van der Waals surface area contributed by atoms with Crippen molar-refractivity contribution in [3.8, 4) is 0 Å². The fourth-order valence-corrected chi connectivity index (χ4v) is 1.45. The van der Waals surface area contributed by atoms with Crippen LogP contribution in [0, 0.1) is 0 Å². The monoisotopic (exact) mass is 241 g/mol. The molecule has 0 saturated heterocycles. The summed E-state index contributed by atoms with van der Waals surface area (Å²) >= 11 is 0. The SMILES string of the molecule is CCOC(CC)c1noc(CNC(C)CC)n1. The average molecular weight is 241 g/mol. The minimum Gasteiger partial charge on any atom is -0.370 e. The molecule has 1 rings (SSSR count). The van der Waals surface area contributed by atoms with Crippen LogP contribution in [-0.4, -0.2) is 22.8 Å². The maximum atomic E-state index is 5.53. The van der Waals surface area contributed by atoms with Crippen molar-refractivity contribution in [1.82, 2.24) is 15.5 Å². The van der Waals surface area contributed by atoms with Gasteiger partial charge in [0, 0.05) is 12.6 Å². The smallest absolute Gasteiger partial charge is 0.240 e. The predicted octanol–water partition coefficient (Wildman–Crippen LogP) is 2.45. The van der Waals surface area contributed by atoms with Gasteiger partial charge in [-0.15, -0.1) is 0 Å². The van der Waals surface area contributed by atoms with Crippen LogP contribution in [0.1, 0.15) is 58.4 Å². The summed E-state index contributed by atoms with van der Waals surface area (Å²) in [7, 11) is 0. The van der Waals surface area contributed by atoms with E-state index < -0.39 is 0 Å². The highest BCUT2D eigenvalue weighted by molar-refractivity contribution is 4.91. The highest BCUT2D eigenvalue weighted by Gasteiger charge is 2.16. The molecule has 0 spiro atoms. The molecule has 2 unspecified atom stereocenters. The fraction of sp³-hybridized carbons (Fsp3) is 0.833. The topological polar surface area (TPSA) is 60.2 Å². The lowest BCUT2D eigenvalue weighted by Crippen LogP contribution is -2.24. The van der Waals surface area contributed by atoms with E-state index in [0.717, 1.165) is 12.8 Å². The third kappa shape index (κ3) is 4.44. The Kier molecular flexibility index (Phi) is 6.15. The number of nitrogens with zero attached hydrogens (tertiary/aromatic N) is 2. The Morgan fingerprint density at radius 3 is 2.65 bits per heavy atom. The molecule has 0 aliphatic rings. The van der Waals surface area contributed by atoms with Crippen molar-refractivity contribution in [1.29, 1.82) is 0 Å². The highest BCUT2D eigenvalue weighted by Crippen LogP contribution is 2.17. The van der Waals surface area contributed by atoms with Gasteiger partial charge in [0.25, 0.3) is 0 Å². The van der Waals surface area contributed by atoms with Crippen molar-refractivity contribution >= 4 is 0 Å². The molecule has 1 aromatic rings. The first kappa shape index (κ1) is 14.1. The van der Waals surface area contributed by atoms with Gasteiger partial charge < -0.3 is 14.6 Å². The van der Waals surface area contributed by atoms with E-state index in [1.807, 2.05) is 13.8 Å². The Labute approximate surface area is 103 Å². The second-order valence-corrected chi connectivity index (χ2v) is 4.09. The number of hydrogen-bond acceptors (Lipinski definition) is 5. The lowest BCUT2D eigenvalue weighted by Gasteiger charge is -2.09. The summed E-state index contributed by atoms with van der Waals surface area (Å²) in [6, 6.07) is 0.458. The van der Waals surface area contributed by atoms with Gasteiger partial charge in [-0.05, 0) is 26.7 Å². The fourth-order valence-electron chi connectivity index (χ4n) is 1.45. The molecule has 0 saturated carbocycles. The summed E-state index contributed by atoms with van der Waals surface area (Å²) in [5.74, 6) is 1.27. The molecule has 5 heteroatoms. The number of ether oxygens (including phenoxy) is 1. The van der Waals surface area contributed by atoms with Crippen LogP contribution >= 0.6 is 0 Å². The molecule has 0 aromatic carbocycles. The number of hydrogen-bond donors (Lipinski definition) is 1. The second kappa shape index (κ2) is 7.40. The average Bonchev–Trinajstić information content (AvgIpc) is 2.81. The van der Waals surface area contributed by atoms with Gasteiger partial charge in [-0.2, -0.15) is 4.98 Å². The predicted molar refractivity (Wildman–Crippen MR) is 65.5 cm³/mol. The van der Waals surface area contributed by atoms with E-state index in [1.54, 1.807) is 0 Å². The van der Waals surface area contributed by atoms with Crippen LogP contribution in [0.25, 0.3) is 0 Å². The van der Waals surface area contributed by atoms with E-state index in [0.29, 0.717) is 30.9 Å². The number of aromatic nitrogens is 2. The van der Waals surface area contributed by atoms with Gasteiger partial charge in [-0.25, -0.2) is 0 Å². The van der Waals surface area contributed by atoms with Crippen molar-refractivity contribution < 1.29 is 9.26 Å². The zero-order valence-corrected chi connectivity index (χ0v) is 11.2. The maximum absolute atomic E-state index is 5.53. The Morgan fingerprint density at radius 2 is 2.06 bits per heavy atom. The minimum atomic E-state index is -0.0545. The van der Waals surface area contributed by atoms with Gasteiger partial charge in [0.15, 0.2) is 0 Å². The van der Waals surface area contributed by atoms with Crippen molar-refractivity contribution in [3.05, 3.63) is 11.7 Å². The summed E-state index contributed by atoms with van der Waals surface area (Å²) in [5, 5.41) is 7.27. The molecule has 1 heterocycles. The van der Waals surface area contributed by atoms with Crippen molar-refractivity contribution in [2.75, 3.05) is 6.61 Å². The first-order valence-corrected chi connectivity index (χ1v) is 6.38. The Bertz CT molecular complexity index is 314. The van der Waals surface area contributed by atoms with Crippen LogP contribution in [0.2, 0.25) is 0 Å². The third-order valence-corrected chi connectivity index (χ3v) is 2.72. The molecule has 0 amide bonds. The van der Waals surface area contributed by atoms with E-state index in [-0.39, 0.29) is 6.10 Å². The molecular formula is C12H23N3O2. The molecule has 0 aliphatic heterocycles. The highest BCUT2D eigenvalue weighted by atomic mass is 16.5. The maximum Gasteiger partial charge on any atom is 0.240 e. The van der Waals surface area contributed by atoms with Crippen LogP contribution in [-0.2, 0) is 11.3 Å². The first-order chi connectivity index (χ1) is 8.21. The number of nitrogens with one attached hydrogen (secondary N) is 1. The van der Waals surface area contributed by atoms with Gasteiger partial charge in [0.1, 0.15) is 6.10 Å². The molecule has 0 fully saturated rings. The standard InChI is InChI=1S/C12H23N3O2/c1-5-9(4)13-8-11-14-12(15-17-11)10(6-2)16-7-3/h9-10,13H,5-8H2,1-4H3. The van der Waals surface area contributed by atoms with Gasteiger partial charge in [-0.3, -0.25) is 0 Å². The molecule has 5 nitrogen and oxygen atoms in total. The van der Waals surface area contributed by atoms with E-state index in [4.69, 9.17) is 9.26 Å². The molecule has 2 atom stereocenters. The minimum absolute atomic E-state index is 0.0545. The van der Waals surface area contributed by atoms with Crippen molar-refractivity contribution in [3.63, 3.8) is 0 Å². The summed E-state index contributed by atoms with van der Waals surface area (Å²) in [6.07, 6.45) is 1.88. The quantitative estimate of drug-likeness (QED) is 0.757. The molecule has 0 aliphatic carbocycles. The van der Waals surface area contributed by atoms with E-state index in [9.17, 15) is 0 Å². The zero-order valence-electron chi connectivity index (χ0n) is 11.2. The second-order valence-electron chi connectivity index (χ2n) is 4.09. The summed E-state index contributed by atoms with van der Waals surface area (Å²) in [6.45, 7) is 9.56. The lowest BCUT2D eigenvalue weighted by molar-refractivity contribution is 0.0518. The number of rotatable bonds is 8. The molecule has 98 valence electrons.